The Balaban J connectivity index is 3.44. The number of nitrogens with one attached hydrogen (secondary N) is 2. The van der Waals surface area contributed by atoms with Crippen LogP contribution in [0.15, 0.2) is 0 Å². The summed E-state index contributed by atoms with van der Waals surface area (Å²) >= 11 is 0. The molecule has 0 heterocycles. The third-order valence-electron chi connectivity index (χ3n) is 2.18. The van der Waals surface area contributed by atoms with Crippen molar-refractivity contribution in [2.75, 3.05) is 38.6 Å². The summed E-state index contributed by atoms with van der Waals surface area (Å²) in [5, 5.41) is 3.06. The first-order valence-electron chi connectivity index (χ1n) is 6.38. The van der Waals surface area contributed by atoms with Gasteiger partial charge in [-0.25, -0.2) is 13.1 Å². The van der Waals surface area contributed by atoms with E-state index in [1.165, 1.54) is 0 Å². The molecule has 6 heteroatoms. The number of unbranched alkanes of at least 4 members (excludes halogenated alkanes) is 1. The van der Waals surface area contributed by atoms with Crippen LogP contribution in [0.4, 0.5) is 0 Å². The van der Waals surface area contributed by atoms with Crippen LogP contribution in [0.5, 0.6) is 0 Å². The first kappa shape index (κ1) is 16.8. The summed E-state index contributed by atoms with van der Waals surface area (Å²) in [4.78, 5) is 0. The highest BCUT2D eigenvalue weighted by molar-refractivity contribution is 7.89. The lowest BCUT2D eigenvalue weighted by Gasteiger charge is -2.07. The zero-order valence-corrected chi connectivity index (χ0v) is 11.8. The lowest BCUT2D eigenvalue weighted by Crippen LogP contribution is -2.34. The molecule has 0 aliphatic heterocycles. The van der Waals surface area contributed by atoms with Crippen LogP contribution in [0.25, 0.3) is 0 Å². The van der Waals surface area contributed by atoms with E-state index in [4.69, 9.17) is 4.74 Å². The van der Waals surface area contributed by atoms with Crippen molar-refractivity contribution in [2.24, 2.45) is 0 Å². The molecule has 0 fully saturated rings. The summed E-state index contributed by atoms with van der Waals surface area (Å²) in [6, 6.07) is 0. The molecule has 5 nitrogen and oxygen atoms in total. The molecule has 0 radical (unpaired) electrons. The lowest BCUT2D eigenvalue weighted by molar-refractivity contribution is 0.136. The van der Waals surface area contributed by atoms with Crippen molar-refractivity contribution in [3.63, 3.8) is 0 Å². The molecule has 2 N–H and O–H groups in total. The van der Waals surface area contributed by atoms with Crippen LogP contribution in [0, 0.1) is 0 Å². The van der Waals surface area contributed by atoms with Crippen LogP contribution >= 0.6 is 0 Å². The second-order valence-corrected chi connectivity index (χ2v) is 5.86. The van der Waals surface area contributed by atoms with Crippen LogP contribution < -0.4 is 10.0 Å². The van der Waals surface area contributed by atoms with Gasteiger partial charge >= 0.3 is 0 Å². The van der Waals surface area contributed by atoms with Crippen molar-refractivity contribution < 1.29 is 13.2 Å². The van der Waals surface area contributed by atoms with Crippen LogP contribution in [0.1, 0.15) is 33.1 Å². The molecule has 0 amide bonds. The Labute approximate surface area is 105 Å². The van der Waals surface area contributed by atoms with Gasteiger partial charge in [-0.1, -0.05) is 20.3 Å². The van der Waals surface area contributed by atoms with E-state index in [0.717, 1.165) is 25.8 Å². The minimum atomic E-state index is -3.15. The van der Waals surface area contributed by atoms with Gasteiger partial charge in [0.05, 0.1) is 12.4 Å². The van der Waals surface area contributed by atoms with Crippen molar-refractivity contribution in [1.82, 2.24) is 10.0 Å². The third kappa shape index (κ3) is 12.1. The van der Waals surface area contributed by atoms with Crippen molar-refractivity contribution in [1.29, 1.82) is 0 Å². The molecule has 0 aromatic heterocycles. The van der Waals surface area contributed by atoms with Crippen molar-refractivity contribution in [3.05, 3.63) is 0 Å². The van der Waals surface area contributed by atoms with Gasteiger partial charge in [-0.15, -0.1) is 0 Å². The lowest BCUT2D eigenvalue weighted by atomic mass is 10.4. The van der Waals surface area contributed by atoms with Crippen molar-refractivity contribution in [3.8, 4) is 0 Å². The first-order chi connectivity index (χ1) is 8.12. The van der Waals surface area contributed by atoms with E-state index < -0.39 is 10.0 Å². The Morgan fingerprint density at radius 3 is 2.41 bits per heavy atom. The standard InChI is InChI=1S/C11H26N2O3S/c1-3-5-9-16-10-7-13-17(14,15)11-8-12-6-4-2/h12-13H,3-11H2,1-2H3. The van der Waals surface area contributed by atoms with E-state index in [2.05, 4.69) is 17.0 Å². The Morgan fingerprint density at radius 2 is 1.76 bits per heavy atom. The van der Waals surface area contributed by atoms with Crippen LogP contribution in [0.2, 0.25) is 0 Å². The molecule has 0 saturated heterocycles. The normalized spacial score (nSPS) is 11.9. The molecule has 0 saturated carbocycles. The zero-order valence-electron chi connectivity index (χ0n) is 11.0. The molecule has 104 valence electrons. The highest BCUT2D eigenvalue weighted by atomic mass is 32.2. The number of hydrogen-bond acceptors (Lipinski definition) is 4. The van der Waals surface area contributed by atoms with Gasteiger partial charge in [0.25, 0.3) is 0 Å². The molecule has 0 spiro atoms. The number of ether oxygens (including phenoxy) is 1. The van der Waals surface area contributed by atoms with Crippen LogP contribution in [0.3, 0.4) is 0 Å². The smallest absolute Gasteiger partial charge is 0.212 e. The Hall–Kier alpha value is -0.170. The van der Waals surface area contributed by atoms with E-state index >= 15 is 0 Å². The molecular weight excluding hydrogens is 240 g/mol. The van der Waals surface area contributed by atoms with Gasteiger partial charge in [0.1, 0.15) is 0 Å². The molecule has 0 aromatic rings. The summed E-state index contributed by atoms with van der Waals surface area (Å²) in [5.74, 6) is 0.127. The third-order valence-corrected chi connectivity index (χ3v) is 3.57. The average Bonchev–Trinajstić information content (AvgIpc) is 2.29. The molecule has 0 bridgehead atoms. The minimum Gasteiger partial charge on any atom is -0.380 e. The average molecular weight is 266 g/mol. The largest absolute Gasteiger partial charge is 0.380 e. The van der Waals surface area contributed by atoms with Crippen molar-refractivity contribution >= 4 is 10.0 Å². The SMILES string of the molecule is CCCCOCCNS(=O)(=O)CCNCCC. The highest BCUT2D eigenvalue weighted by Crippen LogP contribution is 1.88. The molecular formula is C11H26N2O3S. The van der Waals surface area contributed by atoms with E-state index in [-0.39, 0.29) is 5.75 Å². The van der Waals surface area contributed by atoms with Gasteiger partial charge in [0, 0.05) is 19.7 Å². The van der Waals surface area contributed by atoms with Gasteiger partial charge in [-0.3, -0.25) is 0 Å². The van der Waals surface area contributed by atoms with Gasteiger partial charge in [0.15, 0.2) is 0 Å². The summed E-state index contributed by atoms with van der Waals surface area (Å²) in [6.45, 7) is 7.01. The molecule has 0 aliphatic rings. The molecule has 0 aliphatic carbocycles. The minimum absolute atomic E-state index is 0.127. The van der Waals surface area contributed by atoms with Crippen LogP contribution in [-0.4, -0.2) is 47.0 Å². The Bertz CT molecular complexity index is 255. The summed E-state index contributed by atoms with van der Waals surface area (Å²) in [6.07, 6.45) is 3.13. The molecule has 0 aromatic carbocycles. The predicted molar refractivity (Wildman–Crippen MR) is 70.7 cm³/mol. The van der Waals surface area contributed by atoms with Gasteiger partial charge in [0.2, 0.25) is 10.0 Å². The van der Waals surface area contributed by atoms with E-state index in [1.807, 2.05) is 6.92 Å². The molecule has 0 unspecified atom stereocenters. The molecule has 17 heavy (non-hydrogen) atoms. The van der Waals surface area contributed by atoms with Gasteiger partial charge in [-0.05, 0) is 19.4 Å². The van der Waals surface area contributed by atoms with Gasteiger partial charge < -0.3 is 10.1 Å². The number of hydrogen-bond donors (Lipinski definition) is 2. The summed E-state index contributed by atoms with van der Waals surface area (Å²) in [7, 11) is -3.15. The highest BCUT2D eigenvalue weighted by Gasteiger charge is 2.08. The van der Waals surface area contributed by atoms with E-state index in [9.17, 15) is 8.42 Å². The maximum atomic E-state index is 11.5. The first-order valence-corrected chi connectivity index (χ1v) is 8.03. The number of sulfonamides is 1. The summed E-state index contributed by atoms with van der Waals surface area (Å²) in [5.41, 5.74) is 0. The van der Waals surface area contributed by atoms with E-state index in [0.29, 0.717) is 26.3 Å². The van der Waals surface area contributed by atoms with E-state index in [1.54, 1.807) is 0 Å². The fourth-order valence-electron chi connectivity index (χ4n) is 1.20. The second-order valence-electron chi connectivity index (χ2n) is 3.93. The van der Waals surface area contributed by atoms with Crippen LogP contribution in [-0.2, 0) is 14.8 Å². The fourth-order valence-corrected chi connectivity index (χ4v) is 2.15. The topological polar surface area (TPSA) is 67.4 Å². The zero-order chi connectivity index (χ0) is 13.0. The predicted octanol–water partition coefficient (Wildman–Crippen LogP) is 0.722. The maximum absolute atomic E-state index is 11.5. The Kier molecular flexibility index (Phi) is 10.8. The molecule has 0 rings (SSSR count). The monoisotopic (exact) mass is 266 g/mol. The number of rotatable bonds is 12. The fraction of sp³-hybridized carbons (Fsp3) is 1.00. The Morgan fingerprint density at radius 1 is 1.00 bits per heavy atom. The second kappa shape index (κ2) is 11.0. The maximum Gasteiger partial charge on any atom is 0.212 e. The molecule has 0 atom stereocenters. The quantitative estimate of drug-likeness (QED) is 0.511. The van der Waals surface area contributed by atoms with Crippen molar-refractivity contribution in [2.45, 2.75) is 33.1 Å². The summed E-state index contributed by atoms with van der Waals surface area (Å²) < 4.78 is 30.7. The van der Waals surface area contributed by atoms with Gasteiger partial charge in [-0.2, -0.15) is 0 Å².